The predicted molar refractivity (Wildman–Crippen MR) is 83.4 cm³/mol. The second-order valence-corrected chi connectivity index (χ2v) is 5.75. The number of likely N-dealkylation sites (tertiary alicyclic amines) is 1. The molecule has 118 valence electrons. The lowest BCUT2D eigenvalue weighted by atomic mass is 10.0. The molecule has 0 saturated carbocycles. The first-order valence-corrected chi connectivity index (χ1v) is 7.95. The number of piperidine rings is 1. The zero-order valence-corrected chi connectivity index (χ0v) is 13.4. The average Bonchev–Trinajstić information content (AvgIpc) is 2.71. The van der Waals surface area contributed by atoms with Crippen molar-refractivity contribution in [3.63, 3.8) is 0 Å². The van der Waals surface area contributed by atoms with Gasteiger partial charge in [0.2, 0.25) is 5.91 Å². The van der Waals surface area contributed by atoms with Crippen LogP contribution in [0.1, 0.15) is 51.9 Å². The minimum Gasteiger partial charge on any atom is -0.378 e. The Balaban J connectivity index is 0.00000200. The molecule has 2 atom stereocenters. The van der Waals surface area contributed by atoms with E-state index in [-0.39, 0.29) is 18.4 Å². The van der Waals surface area contributed by atoms with E-state index in [1.54, 1.807) is 0 Å². The Morgan fingerprint density at radius 1 is 1.20 bits per heavy atom. The van der Waals surface area contributed by atoms with Crippen molar-refractivity contribution >= 4 is 18.3 Å². The molecule has 2 heterocycles. The number of carbonyl (C=O) groups is 1. The minimum atomic E-state index is 0. The fraction of sp³-hybridized carbons (Fsp3) is 0.933. The maximum absolute atomic E-state index is 12.4. The second-order valence-electron chi connectivity index (χ2n) is 5.75. The monoisotopic (exact) mass is 304 g/mol. The minimum absolute atomic E-state index is 0. The van der Waals surface area contributed by atoms with E-state index < -0.39 is 0 Å². The van der Waals surface area contributed by atoms with Gasteiger partial charge in [-0.25, -0.2) is 0 Å². The molecule has 2 unspecified atom stereocenters. The lowest BCUT2D eigenvalue weighted by molar-refractivity contribution is -0.134. The van der Waals surface area contributed by atoms with Crippen LogP contribution in [0.4, 0.5) is 0 Å². The molecule has 4 nitrogen and oxygen atoms in total. The summed E-state index contributed by atoms with van der Waals surface area (Å²) in [6, 6.07) is 0.0712. The van der Waals surface area contributed by atoms with Crippen molar-refractivity contribution in [2.75, 3.05) is 26.2 Å². The molecule has 2 rings (SSSR count). The van der Waals surface area contributed by atoms with E-state index in [1.807, 2.05) is 0 Å². The van der Waals surface area contributed by atoms with E-state index in [9.17, 15) is 4.79 Å². The number of rotatable bonds is 4. The van der Waals surface area contributed by atoms with Crippen LogP contribution in [-0.2, 0) is 9.53 Å². The van der Waals surface area contributed by atoms with E-state index in [0.29, 0.717) is 12.0 Å². The fourth-order valence-corrected chi connectivity index (χ4v) is 3.02. The summed E-state index contributed by atoms with van der Waals surface area (Å²) in [7, 11) is 0. The van der Waals surface area contributed by atoms with Gasteiger partial charge >= 0.3 is 0 Å². The molecule has 2 aliphatic heterocycles. The first-order valence-electron chi connectivity index (χ1n) is 7.95. The molecule has 5 heteroatoms. The number of amides is 1. The van der Waals surface area contributed by atoms with Gasteiger partial charge in [0.25, 0.3) is 0 Å². The quantitative estimate of drug-likeness (QED) is 0.867. The maximum atomic E-state index is 12.4. The highest BCUT2D eigenvalue weighted by Crippen LogP contribution is 2.17. The van der Waals surface area contributed by atoms with Crippen molar-refractivity contribution in [1.29, 1.82) is 0 Å². The highest BCUT2D eigenvalue weighted by Gasteiger charge is 2.27. The molecule has 2 saturated heterocycles. The lowest BCUT2D eigenvalue weighted by Gasteiger charge is -2.29. The highest BCUT2D eigenvalue weighted by atomic mass is 35.5. The molecule has 1 N–H and O–H groups in total. The molecule has 0 radical (unpaired) electrons. The smallest absolute Gasteiger partial charge is 0.239 e. The third-order valence-corrected chi connectivity index (χ3v) is 4.15. The van der Waals surface area contributed by atoms with Gasteiger partial charge in [0.15, 0.2) is 0 Å². The van der Waals surface area contributed by atoms with Gasteiger partial charge in [-0.3, -0.25) is 4.79 Å². The summed E-state index contributed by atoms with van der Waals surface area (Å²) in [5, 5.41) is 3.36. The van der Waals surface area contributed by atoms with Crippen LogP contribution in [-0.4, -0.2) is 49.2 Å². The Hall–Kier alpha value is -0.320. The molecule has 0 aromatic rings. The number of hydrogen-bond acceptors (Lipinski definition) is 3. The van der Waals surface area contributed by atoms with Gasteiger partial charge in [-0.2, -0.15) is 0 Å². The average molecular weight is 305 g/mol. The molecular weight excluding hydrogens is 276 g/mol. The predicted octanol–water partition coefficient (Wildman–Crippen LogP) is 2.36. The standard InChI is InChI=1S/C15H28N2O2.ClH/c1-2-12-19-13-6-5-10-17(11-8-13)15(18)14-7-3-4-9-16-14;/h13-14,16H,2-12H2,1H3;1H. The summed E-state index contributed by atoms with van der Waals surface area (Å²) in [5.74, 6) is 0.316. The summed E-state index contributed by atoms with van der Waals surface area (Å²) in [6.45, 7) is 5.75. The molecule has 20 heavy (non-hydrogen) atoms. The van der Waals surface area contributed by atoms with Gasteiger partial charge in [0, 0.05) is 19.7 Å². The summed E-state index contributed by atoms with van der Waals surface area (Å²) in [5.41, 5.74) is 0. The number of halogens is 1. The van der Waals surface area contributed by atoms with Gasteiger partial charge in [-0.1, -0.05) is 13.3 Å². The molecule has 0 aromatic carbocycles. The molecule has 0 spiro atoms. The molecule has 2 aliphatic rings. The Labute approximate surface area is 129 Å². The van der Waals surface area contributed by atoms with E-state index in [2.05, 4.69) is 17.1 Å². The largest absolute Gasteiger partial charge is 0.378 e. The molecule has 0 bridgehead atoms. The third-order valence-electron chi connectivity index (χ3n) is 4.15. The van der Waals surface area contributed by atoms with E-state index in [0.717, 1.165) is 58.3 Å². The van der Waals surface area contributed by atoms with E-state index >= 15 is 0 Å². The van der Waals surface area contributed by atoms with Crippen molar-refractivity contribution < 1.29 is 9.53 Å². The first kappa shape index (κ1) is 17.7. The van der Waals surface area contributed by atoms with E-state index in [1.165, 1.54) is 12.8 Å². The third kappa shape index (κ3) is 5.23. The van der Waals surface area contributed by atoms with Gasteiger partial charge < -0.3 is 15.0 Å². The molecule has 0 aliphatic carbocycles. The number of carbonyl (C=O) groups excluding carboxylic acids is 1. The first-order chi connectivity index (χ1) is 9.31. The number of nitrogens with one attached hydrogen (secondary N) is 1. The normalized spacial score (nSPS) is 27.6. The summed E-state index contributed by atoms with van der Waals surface area (Å²) >= 11 is 0. The van der Waals surface area contributed by atoms with Gasteiger partial charge in [-0.15, -0.1) is 12.4 Å². The van der Waals surface area contributed by atoms with Crippen molar-refractivity contribution in [2.45, 2.75) is 64.0 Å². The lowest BCUT2D eigenvalue weighted by Crippen LogP contribution is -2.48. The Morgan fingerprint density at radius 2 is 2.05 bits per heavy atom. The molecule has 2 fully saturated rings. The molecular formula is C15H29ClN2O2. The molecule has 1 amide bonds. The van der Waals surface area contributed by atoms with Crippen molar-refractivity contribution in [3.05, 3.63) is 0 Å². The van der Waals surface area contributed by atoms with Crippen LogP contribution in [0.2, 0.25) is 0 Å². The topological polar surface area (TPSA) is 41.6 Å². The SMILES string of the molecule is CCCOC1CCCN(C(=O)C2CCCCN2)CC1.Cl. The van der Waals surface area contributed by atoms with Crippen LogP contribution in [0, 0.1) is 0 Å². The summed E-state index contributed by atoms with van der Waals surface area (Å²) in [4.78, 5) is 14.5. The second kappa shape index (κ2) is 9.59. The van der Waals surface area contributed by atoms with Crippen LogP contribution in [0.25, 0.3) is 0 Å². The van der Waals surface area contributed by atoms with Crippen molar-refractivity contribution in [3.8, 4) is 0 Å². The fourth-order valence-electron chi connectivity index (χ4n) is 3.02. The number of hydrogen-bond donors (Lipinski definition) is 1. The van der Waals surface area contributed by atoms with Crippen molar-refractivity contribution in [2.24, 2.45) is 0 Å². The highest BCUT2D eigenvalue weighted by molar-refractivity contribution is 5.85. The van der Waals surface area contributed by atoms with Crippen LogP contribution < -0.4 is 5.32 Å². The Bertz CT molecular complexity index is 283. The van der Waals surface area contributed by atoms with Crippen LogP contribution in [0.5, 0.6) is 0 Å². The zero-order valence-electron chi connectivity index (χ0n) is 12.6. The summed E-state index contributed by atoms with van der Waals surface area (Å²) < 4.78 is 5.83. The summed E-state index contributed by atoms with van der Waals surface area (Å²) in [6.07, 6.45) is 8.00. The van der Waals surface area contributed by atoms with E-state index in [4.69, 9.17) is 4.74 Å². The van der Waals surface area contributed by atoms with Crippen molar-refractivity contribution in [1.82, 2.24) is 10.2 Å². The van der Waals surface area contributed by atoms with Gasteiger partial charge in [0.1, 0.15) is 0 Å². The van der Waals surface area contributed by atoms with Crippen LogP contribution >= 0.6 is 12.4 Å². The van der Waals surface area contributed by atoms with Crippen LogP contribution in [0.15, 0.2) is 0 Å². The zero-order chi connectivity index (χ0) is 13.5. The maximum Gasteiger partial charge on any atom is 0.239 e. The Kier molecular flexibility index (Phi) is 8.50. The molecule has 0 aromatic heterocycles. The Morgan fingerprint density at radius 3 is 2.75 bits per heavy atom. The number of ether oxygens (including phenoxy) is 1. The van der Waals surface area contributed by atoms with Gasteiger partial charge in [-0.05, 0) is 45.1 Å². The number of nitrogens with zero attached hydrogens (tertiary/aromatic N) is 1. The van der Waals surface area contributed by atoms with Gasteiger partial charge in [0.05, 0.1) is 12.1 Å². The van der Waals surface area contributed by atoms with Crippen LogP contribution in [0.3, 0.4) is 0 Å².